The van der Waals surface area contributed by atoms with Crippen molar-refractivity contribution in [2.24, 2.45) is 0 Å². The van der Waals surface area contributed by atoms with E-state index in [9.17, 15) is 19.1 Å². The Bertz CT molecular complexity index is 1200. The van der Waals surface area contributed by atoms with Gasteiger partial charge in [-0.3, -0.25) is 4.79 Å². The lowest BCUT2D eigenvalue weighted by Crippen LogP contribution is -2.23. The number of methoxy groups -OCH3 is 1. The van der Waals surface area contributed by atoms with E-state index >= 15 is 0 Å². The van der Waals surface area contributed by atoms with Crippen molar-refractivity contribution in [3.63, 3.8) is 0 Å². The zero-order valence-electron chi connectivity index (χ0n) is 19.8. The maximum Gasteiger partial charge on any atom is 0.356 e. The predicted molar refractivity (Wildman–Crippen MR) is 131 cm³/mol. The smallest absolute Gasteiger partial charge is 0.356 e. The average Bonchev–Trinajstić information content (AvgIpc) is 3.51. The van der Waals surface area contributed by atoms with Crippen molar-refractivity contribution in [3.05, 3.63) is 65.4 Å². The molecule has 0 atom stereocenters. The molecule has 1 fully saturated rings. The van der Waals surface area contributed by atoms with E-state index in [2.05, 4.69) is 5.43 Å². The van der Waals surface area contributed by atoms with Crippen molar-refractivity contribution in [1.29, 1.82) is 0 Å². The summed E-state index contributed by atoms with van der Waals surface area (Å²) in [5.41, 5.74) is 5.45. The lowest BCUT2D eigenvalue weighted by Gasteiger charge is -2.20. The lowest BCUT2D eigenvalue weighted by atomic mass is 10.1. The highest BCUT2D eigenvalue weighted by Crippen LogP contribution is 2.36. The van der Waals surface area contributed by atoms with Crippen LogP contribution < -0.4 is 15.1 Å². The second-order valence-corrected chi connectivity index (χ2v) is 8.55. The minimum Gasteiger partial charge on any atom is -0.495 e. The fourth-order valence-corrected chi connectivity index (χ4v) is 4.64. The number of anilines is 1. The molecule has 0 saturated heterocycles. The number of nitrogens with one attached hydrogen (secondary N) is 1. The summed E-state index contributed by atoms with van der Waals surface area (Å²) in [5.74, 6) is -0.158. The number of aromatic carboxylic acids is 1. The molecule has 8 nitrogen and oxygen atoms in total. The van der Waals surface area contributed by atoms with Crippen molar-refractivity contribution < 1.29 is 23.8 Å². The van der Waals surface area contributed by atoms with E-state index in [0.29, 0.717) is 35.6 Å². The van der Waals surface area contributed by atoms with Crippen LogP contribution in [-0.2, 0) is 11.3 Å². The number of rotatable bonds is 10. The van der Waals surface area contributed by atoms with Gasteiger partial charge in [-0.1, -0.05) is 37.1 Å². The lowest BCUT2D eigenvalue weighted by molar-refractivity contribution is -0.107. The monoisotopic (exact) mass is 480 g/mol. The number of carboxylic acid groups (broad SMARTS) is 1. The number of nitrogens with zero attached hydrogens (tertiary/aromatic N) is 3. The molecule has 1 heterocycles. The Balaban J connectivity index is 1.66. The molecule has 2 N–H and O–H groups in total. The third-order valence-corrected chi connectivity index (χ3v) is 6.30. The van der Waals surface area contributed by atoms with Crippen LogP contribution in [0.15, 0.2) is 42.5 Å². The Labute approximate surface area is 203 Å². The highest BCUT2D eigenvalue weighted by Gasteiger charge is 2.29. The number of amides is 1. The summed E-state index contributed by atoms with van der Waals surface area (Å²) in [5, 5.41) is 10.0. The first kappa shape index (κ1) is 24.3. The van der Waals surface area contributed by atoms with Gasteiger partial charge in [-0.05, 0) is 37.5 Å². The Morgan fingerprint density at radius 3 is 2.57 bits per heavy atom. The van der Waals surface area contributed by atoms with Crippen LogP contribution in [0.4, 0.5) is 10.1 Å². The molecule has 1 aromatic heterocycles. The summed E-state index contributed by atoms with van der Waals surface area (Å²) in [7, 11) is 1.46. The van der Waals surface area contributed by atoms with Gasteiger partial charge in [-0.25, -0.2) is 18.8 Å². The van der Waals surface area contributed by atoms with E-state index < -0.39 is 11.8 Å². The molecule has 0 radical (unpaired) electrons. The van der Waals surface area contributed by atoms with Crippen LogP contribution in [0.25, 0.3) is 11.3 Å². The molecule has 35 heavy (non-hydrogen) atoms. The first-order valence-electron chi connectivity index (χ1n) is 11.7. The highest BCUT2D eigenvalue weighted by atomic mass is 19.1. The van der Waals surface area contributed by atoms with E-state index in [1.165, 1.54) is 30.2 Å². The number of carboxylic acids is 1. The van der Waals surface area contributed by atoms with Crippen LogP contribution >= 0.6 is 0 Å². The van der Waals surface area contributed by atoms with Gasteiger partial charge >= 0.3 is 5.97 Å². The number of ether oxygens (including phenoxy) is 1. The highest BCUT2D eigenvalue weighted by molar-refractivity contribution is 5.93. The average molecular weight is 481 g/mol. The van der Waals surface area contributed by atoms with E-state index in [0.717, 1.165) is 37.1 Å². The van der Waals surface area contributed by atoms with E-state index in [1.807, 2.05) is 19.1 Å². The van der Waals surface area contributed by atoms with Gasteiger partial charge in [0.05, 0.1) is 19.3 Å². The molecule has 0 spiro atoms. The predicted octanol–water partition coefficient (Wildman–Crippen LogP) is 4.78. The van der Waals surface area contributed by atoms with Crippen molar-refractivity contribution in [2.75, 3.05) is 24.0 Å². The first-order chi connectivity index (χ1) is 17.0. The molecule has 0 unspecified atom stereocenters. The van der Waals surface area contributed by atoms with Crippen LogP contribution in [0.5, 0.6) is 5.75 Å². The third-order valence-electron chi connectivity index (χ3n) is 6.30. The topological polar surface area (TPSA) is 96.7 Å². The molecule has 1 saturated carbocycles. The fraction of sp³-hybridized carbons (Fsp3) is 0.346. The van der Waals surface area contributed by atoms with E-state index in [4.69, 9.17) is 9.72 Å². The summed E-state index contributed by atoms with van der Waals surface area (Å²) >= 11 is 0. The van der Waals surface area contributed by atoms with Gasteiger partial charge < -0.3 is 20.2 Å². The van der Waals surface area contributed by atoms with Crippen molar-refractivity contribution in [3.8, 4) is 17.0 Å². The van der Waals surface area contributed by atoms with Gasteiger partial charge in [0.1, 0.15) is 23.1 Å². The second-order valence-electron chi connectivity index (χ2n) is 8.55. The van der Waals surface area contributed by atoms with Gasteiger partial charge in [0.2, 0.25) is 6.41 Å². The Morgan fingerprint density at radius 2 is 1.97 bits per heavy atom. The second kappa shape index (κ2) is 10.6. The van der Waals surface area contributed by atoms with E-state index in [-0.39, 0.29) is 18.2 Å². The van der Waals surface area contributed by atoms with Crippen LogP contribution in [-0.4, -0.2) is 40.8 Å². The molecule has 184 valence electrons. The Hall–Kier alpha value is -3.88. The molecular formula is C26H29FN4O4. The number of aromatic nitrogens is 2. The number of benzene rings is 2. The number of carbonyl (C=O) groups excluding carboxylic acids is 1. The van der Waals surface area contributed by atoms with Crippen LogP contribution in [0.1, 0.15) is 60.4 Å². The molecule has 3 aromatic rings. The minimum absolute atomic E-state index is 0.112. The van der Waals surface area contributed by atoms with E-state index in [1.54, 1.807) is 16.8 Å². The van der Waals surface area contributed by atoms with Crippen molar-refractivity contribution in [1.82, 2.24) is 9.66 Å². The summed E-state index contributed by atoms with van der Waals surface area (Å²) < 4.78 is 20.7. The molecule has 0 aliphatic heterocycles. The Kier molecular flexibility index (Phi) is 7.33. The quantitative estimate of drug-likeness (QED) is 0.406. The molecule has 0 bridgehead atoms. The number of halogens is 1. The molecule has 1 aliphatic carbocycles. The zero-order chi connectivity index (χ0) is 24.9. The zero-order valence-corrected chi connectivity index (χ0v) is 19.8. The minimum atomic E-state index is -1.05. The standard InChI is InChI=1S/C26H29FN4O4/c1-3-28-31-24(26(33)34)23(29-25(31)19-6-4-5-7-19)18-10-8-17(9-11-18)15-30(16-32)21-14-20(27)12-13-22(21)35-2/h8-14,16,19,28H,3-7,15H2,1-2H3,(H,33,34). The third kappa shape index (κ3) is 4.99. The van der Waals surface area contributed by atoms with Gasteiger partial charge in [0.15, 0.2) is 5.69 Å². The van der Waals surface area contributed by atoms with Crippen molar-refractivity contribution in [2.45, 2.75) is 45.1 Å². The molecule has 4 rings (SSSR count). The molecule has 1 aliphatic rings. The van der Waals surface area contributed by atoms with Gasteiger partial charge in [-0.2, -0.15) is 0 Å². The largest absolute Gasteiger partial charge is 0.495 e. The van der Waals surface area contributed by atoms with Gasteiger partial charge in [0, 0.05) is 24.1 Å². The number of hydrogen-bond donors (Lipinski definition) is 2. The molecule has 9 heteroatoms. The number of hydrogen-bond acceptors (Lipinski definition) is 5. The van der Waals surface area contributed by atoms with Crippen LogP contribution in [0, 0.1) is 5.82 Å². The molecular weight excluding hydrogens is 451 g/mol. The summed E-state index contributed by atoms with van der Waals surface area (Å²) in [6, 6.07) is 11.2. The summed E-state index contributed by atoms with van der Waals surface area (Å²) in [6.45, 7) is 2.68. The van der Waals surface area contributed by atoms with Gasteiger partial charge in [0.25, 0.3) is 0 Å². The number of imidazole rings is 1. The van der Waals surface area contributed by atoms with Crippen molar-refractivity contribution >= 4 is 18.1 Å². The normalized spacial score (nSPS) is 13.6. The summed E-state index contributed by atoms with van der Waals surface area (Å²) in [6.07, 6.45) is 4.83. The molecule has 1 amide bonds. The summed E-state index contributed by atoms with van der Waals surface area (Å²) in [4.78, 5) is 30.2. The van der Waals surface area contributed by atoms with Crippen LogP contribution in [0.3, 0.4) is 0 Å². The number of carbonyl (C=O) groups is 2. The first-order valence-corrected chi connectivity index (χ1v) is 11.7. The fourth-order valence-electron chi connectivity index (χ4n) is 4.64. The Morgan fingerprint density at radius 1 is 1.26 bits per heavy atom. The van der Waals surface area contributed by atoms with Gasteiger partial charge in [-0.15, -0.1) is 0 Å². The molecule has 2 aromatic carbocycles. The maximum atomic E-state index is 13.8. The van der Waals surface area contributed by atoms with Crippen LogP contribution in [0.2, 0.25) is 0 Å². The maximum absolute atomic E-state index is 13.8. The SMILES string of the molecule is CCNn1c(C2CCCC2)nc(-c2ccc(CN(C=O)c3cc(F)ccc3OC)cc2)c1C(=O)O.